The molecule has 0 aliphatic carbocycles. The maximum atomic E-state index is 6.04. The molecule has 1 aliphatic rings. The Morgan fingerprint density at radius 2 is 1.56 bits per heavy atom. The van der Waals surface area contributed by atoms with Crippen molar-refractivity contribution < 1.29 is 9.31 Å². The highest BCUT2D eigenvalue weighted by molar-refractivity contribution is 6.62. The van der Waals surface area contributed by atoms with Gasteiger partial charge in [-0.2, -0.15) is 0 Å². The first-order valence-corrected chi connectivity index (χ1v) is 6.57. The third kappa shape index (κ3) is 2.24. The van der Waals surface area contributed by atoms with Crippen LogP contribution in [0.4, 0.5) is 0 Å². The molecule has 2 rings (SSSR count). The highest BCUT2D eigenvalue weighted by Gasteiger charge is 2.51. The molecule has 1 fully saturated rings. The van der Waals surface area contributed by atoms with E-state index in [0.717, 1.165) is 5.46 Å². The number of hydrogen-bond acceptors (Lipinski definition) is 2. The van der Waals surface area contributed by atoms with Gasteiger partial charge in [0.1, 0.15) is 0 Å². The predicted molar refractivity (Wildman–Crippen MR) is 75.1 cm³/mol. The summed E-state index contributed by atoms with van der Waals surface area (Å²) >= 11 is 0. The van der Waals surface area contributed by atoms with Crippen LogP contribution in [0.2, 0.25) is 0 Å². The minimum atomic E-state index is -0.276. The van der Waals surface area contributed by atoms with Gasteiger partial charge in [-0.1, -0.05) is 0 Å². The van der Waals surface area contributed by atoms with Crippen LogP contribution in [-0.2, 0) is 14.8 Å². The van der Waals surface area contributed by atoms with Gasteiger partial charge in [0.15, 0.2) is 0 Å². The first kappa shape index (κ1) is 13.7. The zero-order valence-corrected chi connectivity index (χ0v) is 12.6. The Kier molecular flexibility index (Phi) is 2.95. The molecule has 3 nitrogen and oxygen atoms in total. The van der Waals surface area contributed by atoms with Crippen molar-refractivity contribution in [2.45, 2.75) is 65.2 Å². The fourth-order valence-corrected chi connectivity index (χ4v) is 1.95. The van der Waals surface area contributed by atoms with E-state index in [4.69, 9.17) is 9.31 Å². The van der Waals surface area contributed by atoms with Gasteiger partial charge in [-0.15, -0.1) is 0 Å². The molecule has 1 saturated heterocycles. The summed E-state index contributed by atoms with van der Waals surface area (Å²) in [5.41, 5.74) is 0.619. The van der Waals surface area contributed by atoms with Gasteiger partial charge in [-0.25, -0.2) is 0 Å². The fraction of sp³-hybridized carbons (Fsp3) is 0.714. The van der Waals surface area contributed by atoms with Crippen molar-refractivity contribution in [2.24, 2.45) is 0 Å². The van der Waals surface area contributed by atoms with Crippen LogP contribution < -0.4 is 5.46 Å². The minimum absolute atomic E-state index is 0.0852. The summed E-state index contributed by atoms with van der Waals surface area (Å²) in [6.45, 7) is 14.9. The second-order valence-corrected chi connectivity index (χ2v) is 7.11. The zero-order valence-electron chi connectivity index (χ0n) is 12.6. The van der Waals surface area contributed by atoms with E-state index in [-0.39, 0.29) is 23.9 Å². The van der Waals surface area contributed by atoms with E-state index in [1.54, 1.807) is 0 Å². The van der Waals surface area contributed by atoms with E-state index in [9.17, 15) is 0 Å². The quantitative estimate of drug-likeness (QED) is 0.714. The molecule has 0 saturated carbocycles. The lowest BCUT2D eigenvalue weighted by Gasteiger charge is -2.32. The number of aromatic nitrogens is 1. The van der Waals surface area contributed by atoms with Crippen LogP contribution in [0.25, 0.3) is 0 Å². The summed E-state index contributed by atoms with van der Waals surface area (Å²) in [4.78, 5) is 0. The fourth-order valence-electron chi connectivity index (χ4n) is 1.95. The second-order valence-electron chi connectivity index (χ2n) is 7.11. The van der Waals surface area contributed by atoms with Crippen LogP contribution in [0.3, 0.4) is 0 Å². The zero-order chi connectivity index (χ0) is 13.8. The number of nitrogens with zero attached hydrogens (tertiary/aromatic N) is 1. The second kappa shape index (κ2) is 3.88. The smallest absolute Gasteiger partial charge is 0.399 e. The molecule has 0 unspecified atom stereocenters. The standard InChI is InChI=1S/C14H24BNO2/c1-12(2,3)16-9-8-11(10-16)15-17-13(4,5)14(6,7)18-15/h8-10H,1-7H3. The monoisotopic (exact) mass is 249 g/mol. The van der Waals surface area contributed by atoms with Crippen molar-refractivity contribution in [3.63, 3.8) is 0 Å². The molecule has 100 valence electrons. The molecule has 0 spiro atoms. The number of rotatable bonds is 1. The van der Waals surface area contributed by atoms with E-state index in [2.05, 4.69) is 71.5 Å². The van der Waals surface area contributed by atoms with Crippen molar-refractivity contribution in [1.82, 2.24) is 4.57 Å². The summed E-state index contributed by atoms with van der Waals surface area (Å²) in [7, 11) is -0.265. The molecule has 1 aromatic rings. The first-order chi connectivity index (χ1) is 8.03. The van der Waals surface area contributed by atoms with Crippen molar-refractivity contribution in [1.29, 1.82) is 0 Å². The Morgan fingerprint density at radius 1 is 1.06 bits per heavy atom. The van der Waals surface area contributed by atoms with Crippen LogP contribution in [0.1, 0.15) is 48.5 Å². The molecule has 2 heterocycles. The van der Waals surface area contributed by atoms with E-state index < -0.39 is 0 Å². The molecule has 0 radical (unpaired) electrons. The molecule has 0 N–H and O–H groups in total. The Labute approximate surface area is 111 Å². The highest BCUT2D eigenvalue weighted by atomic mass is 16.7. The third-order valence-electron chi connectivity index (χ3n) is 4.02. The topological polar surface area (TPSA) is 23.4 Å². The molecule has 0 amide bonds. The van der Waals surface area contributed by atoms with Crippen LogP contribution in [0.5, 0.6) is 0 Å². The molecule has 1 aliphatic heterocycles. The first-order valence-electron chi connectivity index (χ1n) is 6.57. The molecule has 0 bridgehead atoms. The van der Waals surface area contributed by atoms with E-state index in [1.165, 1.54) is 0 Å². The summed E-state index contributed by atoms with van der Waals surface area (Å²) in [6.07, 6.45) is 4.20. The predicted octanol–water partition coefficient (Wildman–Crippen LogP) is 2.54. The lowest BCUT2D eigenvalue weighted by Crippen LogP contribution is -2.41. The lowest BCUT2D eigenvalue weighted by molar-refractivity contribution is 0.00578. The maximum absolute atomic E-state index is 6.04. The Bertz CT molecular complexity index is 427. The van der Waals surface area contributed by atoms with Gasteiger partial charge >= 0.3 is 7.12 Å². The highest BCUT2D eigenvalue weighted by Crippen LogP contribution is 2.36. The molecule has 4 heteroatoms. The van der Waals surface area contributed by atoms with Gasteiger partial charge in [0.2, 0.25) is 0 Å². The van der Waals surface area contributed by atoms with Gasteiger partial charge in [0, 0.05) is 23.4 Å². The van der Waals surface area contributed by atoms with Gasteiger partial charge in [0.25, 0.3) is 0 Å². The van der Waals surface area contributed by atoms with Gasteiger partial charge in [-0.05, 0) is 54.5 Å². The van der Waals surface area contributed by atoms with Crippen molar-refractivity contribution >= 4 is 12.6 Å². The van der Waals surface area contributed by atoms with Crippen molar-refractivity contribution in [2.75, 3.05) is 0 Å². The van der Waals surface area contributed by atoms with Crippen LogP contribution in [0.15, 0.2) is 18.5 Å². The minimum Gasteiger partial charge on any atom is -0.399 e. The maximum Gasteiger partial charge on any atom is 0.496 e. The van der Waals surface area contributed by atoms with Crippen LogP contribution in [-0.4, -0.2) is 22.9 Å². The SMILES string of the molecule is CC(C)(C)n1ccc(B2OC(C)(C)C(C)(C)O2)c1. The Morgan fingerprint density at radius 3 is 1.94 bits per heavy atom. The average molecular weight is 249 g/mol. The molecular weight excluding hydrogens is 225 g/mol. The average Bonchev–Trinajstić information content (AvgIpc) is 2.69. The van der Waals surface area contributed by atoms with Gasteiger partial charge in [0.05, 0.1) is 11.2 Å². The molecule has 0 atom stereocenters. The van der Waals surface area contributed by atoms with Gasteiger partial charge in [-0.3, -0.25) is 0 Å². The Hall–Kier alpha value is -0.735. The van der Waals surface area contributed by atoms with E-state index in [0.29, 0.717) is 0 Å². The lowest BCUT2D eigenvalue weighted by atomic mass is 9.81. The van der Waals surface area contributed by atoms with Crippen LogP contribution >= 0.6 is 0 Å². The van der Waals surface area contributed by atoms with E-state index >= 15 is 0 Å². The number of hydrogen-bond donors (Lipinski definition) is 0. The Balaban J connectivity index is 2.23. The molecule has 18 heavy (non-hydrogen) atoms. The summed E-state index contributed by atoms with van der Waals surface area (Å²) in [5.74, 6) is 0. The normalized spacial score (nSPS) is 22.5. The van der Waals surface area contributed by atoms with Crippen molar-refractivity contribution in [3.8, 4) is 0 Å². The summed E-state index contributed by atoms with van der Waals surface area (Å²) < 4.78 is 14.3. The van der Waals surface area contributed by atoms with Crippen molar-refractivity contribution in [3.05, 3.63) is 18.5 Å². The van der Waals surface area contributed by atoms with E-state index in [1.807, 2.05) is 0 Å². The molecule has 0 aromatic carbocycles. The largest absolute Gasteiger partial charge is 0.496 e. The summed E-state index contributed by atoms with van der Waals surface area (Å²) in [6, 6.07) is 2.08. The van der Waals surface area contributed by atoms with Gasteiger partial charge < -0.3 is 13.9 Å². The summed E-state index contributed by atoms with van der Waals surface area (Å²) in [5, 5.41) is 0. The molecular formula is C14H24BNO2. The molecule has 1 aromatic heterocycles. The van der Waals surface area contributed by atoms with Crippen LogP contribution in [0, 0.1) is 0 Å². The third-order valence-corrected chi connectivity index (χ3v) is 4.02.